The summed E-state index contributed by atoms with van der Waals surface area (Å²) in [7, 11) is 0. The first-order chi connectivity index (χ1) is 15.5. The van der Waals surface area contributed by atoms with Crippen LogP contribution in [0.25, 0.3) is 28.0 Å². The van der Waals surface area contributed by atoms with E-state index in [9.17, 15) is 8.78 Å². The maximum atomic E-state index is 14.5. The summed E-state index contributed by atoms with van der Waals surface area (Å²) in [5.74, 6) is -0.738. The second-order valence-electron chi connectivity index (χ2n) is 7.87. The van der Waals surface area contributed by atoms with Crippen molar-refractivity contribution >= 4 is 22.8 Å². The van der Waals surface area contributed by atoms with Crippen molar-refractivity contribution in [1.82, 2.24) is 19.7 Å². The van der Waals surface area contributed by atoms with E-state index < -0.39 is 11.6 Å². The standard InChI is InChI=1S/C23H22F2N6O/c1-13-4-2-5-14(10-13)20-19-21(26)31(18-11-15(24)7-8-17(18)25)30-22(19)29-23(28-20)27-12-16-6-3-9-32-16/h2,4-5,7-8,10-11,16H,3,6,9,12,26H2,1H3,(H,27,29,30)/t16-/m0/s1. The number of aryl methyl sites for hydroxylation is 1. The molecule has 0 amide bonds. The SMILES string of the molecule is Cc1cccc(-c2nc(NC[C@@H]3CCCO3)nc3nn(-c4cc(F)ccc4F)c(N)c23)c1. The Morgan fingerprint density at radius 2 is 2.06 bits per heavy atom. The van der Waals surface area contributed by atoms with Crippen LogP contribution >= 0.6 is 0 Å². The normalized spacial score (nSPS) is 16.0. The number of ether oxygens (including phenoxy) is 1. The molecule has 2 aromatic heterocycles. The summed E-state index contributed by atoms with van der Waals surface area (Å²) in [6.45, 7) is 3.29. The molecule has 9 heteroatoms. The van der Waals surface area contributed by atoms with E-state index in [4.69, 9.17) is 15.5 Å². The van der Waals surface area contributed by atoms with Crippen molar-refractivity contribution in [2.24, 2.45) is 0 Å². The van der Waals surface area contributed by atoms with Crippen LogP contribution in [0, 0.1) is 18.6 Å². The van der Waals surface area contributed by atoms with Crippen LogP contribution in [0.1, 0.15) is 18.4 Å². The van der Waals surface area contributed by atoms with Crippen molar-refractivity contribution in [3.8, 4) is 16.9 Å². The quantitative estimate of drug-likeness (QED) is 0.486. The summed E-state index contributed by atoms with van der Waals surface area (Å²) in [6.07, 6.45) is 2.10. The largest absolute Gasteiger partial charge is 0.383 e. The van der Waals surface area contributed by atoms with Crippen LogP contribution in [0.5, 0.6) is 0 Å². The van der Waals surface area contributed by atoms with Crippen molar-refractivity contribution in [3.05, 3.63) is 59.7 Å². The lowest BCUT2D eigenvalue weighted by atomic mass is 10.1. The predicted octanol–water partition coefficient (Wildman–Crippen LogP) is 4.24. The fourth-order valence-corrected chi connectivity index (χ4v) is 3.93. The van der Waals surface area contributed by atoms with Crippen molar-refractivity contribution in [3.63, 3.8) is 0 Å². The number of aromatic nitrogens is 4. The minimum atomic E-state index is -0.646. The van der Waals surface area contributed by atoms with E-state index in [-0.39, 0.29) is 23.3 Å². The Morgan fingerprint density at radius 1 is 1.19 bits per heavy atom. The molecule has 164 valence electrons. The highest BCUT2D eigenvalue weighted by Crippen LogP contribution is 2.33. The third-order valence-corrected chi connectivity index (χ3v) is 5.51. The summed E-state index contributed by atoms with van der Waals surface area (Å²) in [4.78, 5) is 9.20. The van der Waals surface area contributed by atoms with Gasteiger partial charge in [-0.25, -0.2) is 18.4 Å². The zero-order chi connectivity index (χ0) is 22.2. The molecule has 0 saturated carbocycles. The Hall–Kier alpha value is -3.59. The van der Waals surface area contributed by atoms with E-state index >= 15 is 0 Å². The Labute approximate surface area is 183 Å². The number of halogens is 2. The molecule has 0 aliphatic carbocycles. The number of hydrogen-bond donors (Lipinski definition) is 2. The van der Waals surface area contributed by atoms with E-state index in [2.05, 4.69) is 15.4 Å². The molecule has 7 nitrogen and oxygen atoms in total. The Morgan fingerprint density at radius 3 is 2.84 bits per heavy atom. The van der Waals surface area contributed by atoms with Gasteiger partial charge in [0.15, 0.2) is 5.65 Å². The molecule has 0 radical (unpaired) electrons. The highest BCUT2D eigenvalue weighted by Gasteiger charge is 2.22. The maximum absolute atomic E-state index is 14.5. The molecule has 3 heterocycles. The minimum absolute atomic E-state index is 0.0930. The highest BCUT2D eigenvalue weighted by atomic mass is 19.1. The van der Waals surface area contributed by atoms with Crippen LogP contribution in [0.15, 0.2) is 42.5 Å². The first-order valence-electron chi connectivity index (χ1n) is 10.4. The van der Waals surface area contributed by atoms with Crippen LogP contribution in [0.2, 0.25) is 0 Å². The van der Waals surface area contributed by atoms with Gasteiger partial charge in [0.25, 0.3) is 0 Å². The van der Waals surface area contributed by atoms with Gasteiger partial charge in [-0.3, -0.25) is 0 Å². The second kappa shape index (κ2) is 8.16. The fraction of sp³-hybridized carbons (Fsp3) is 0.261. The Kier molecular flexibility index (Phi) is 5.18. The van der Waals surface area contributed by atoms with Crippen molar-refractivity contribution in [1.29, 1.82) is 0 Å². The van der Waals surface area contributed by atoms with Crippen LogP contribution in [0.4, 0.5) is 20.5 Å². The van der Waals surface area contributed by atoms with E-state index in [0.29, 0.717) is 23.6 Å². The predicted molar refractivity (Wildman–Crippen MR) is 119 cm³/mol. The molecule has 1 fully saturated rings. The maximum Gasteiger partial charge on any atom is 0.225 e. The van der Waals surface area contributed by atoms with Crippen LogP contribution in [0.3, 0.4) is 0 Å². The molecule has 1 aliphatic heterocycles. The van der Waals surface area contributed by atoms with Crippen LogP contribution in [-0.4, -0.2) is 39.0 Å². The summed E-state index contributed by atoms with van der Waals surface area (Å²) in [5, 5.41) is 8.09. The molecule has 1 aliphatic rings. The minimum Gasteiger partial charge on any atom is -0.383 e. The molecule has 3 N–H and O–H groups in total. The number of anilines is 2. The third-order valence-electron chi connectivity index (χ3n) is 5.51. The average Bonchev–Trinajstić information content (AvgIpc) is 3.41. The zero-order valence-corrected chi connectivity index (χ0v) is 17.5. The Balaban J connectivity index is 1.67. The van der Waals surface area contributed by atoms with Crippen LogP contribution in [-0.2, 0) is 4.74 Å². The smallest absolute Gasteiger partial charge is 0.225 e. The Bertz CT molecular complexity index is 1300. The fourth-order valence-electron chi connectivity index (χ4n) is 3.93. The molecule has 2 aromatic carbocycles. The molecular weight excluding hydrogens is 414 g/mol. The molecule has 4 aromatic rings. The monoisotopic (exact) mass is 436 g/mol. The van der Waals surface area contributed by atoms with E-state index in [1.165, 1.54) is 4.68 Å². The number of nitrogens with one attached hydrogen (secondary N) is 1. The summed E-state index contributed by atoms with van der Waals surface area (Å²) in [6, 6.07) is 10.9. The van der Waals surface area contributed by atoms with Crippen molar-refractivity contribution in [2.45, 2.75) is 25.9 Å². The topological polar surface area (TPSA) is 90.9 Å². The zero-order valence-electron chi connectivity index (χ0n) is 17.5. The van der Waals surface area contributed by atoms with Gasteiger partial charge in [-0.2, -0.15) is 4.98 Å². The summed E-state index contributed by atoms with van der Waals surface area (Å²) >= 11 is 0. The number of nitrogens with two attached hydrogens (primary N) is 1. The third kappa shape index (κ3) is 3.75. The van der Waals surface area contributed by atoms with Gasteiger partial charge in [-0.05, 0) is 38.0 Å². The van der Waals surface area contributed by atoms with E-state index in [0.717, 1.165) is 48.8 Å². The van der Waals surface area contributed by atoms with Gasteiger partial charge >= 0.3 is 0 Å². The van der Waals surface area contributed by atoms with Crippen LogP contribution < -0.4 is 11.1 Å². The highest BCUT2D eigenvalue weighted by molar-refractivity contribution is 5.99. The molecule has 0 unspecified atom stereocenters. The number of rotatable bonds is 5. The van der Waals surface area contributed by atoms with E-state index in [1.54, 1.807) is 0 Å². The molecule has 5 rings (SSSR count). The first-order valence-corrected chi connectivity index (χ1v) is 10.4. The van der Waals surface area contributed by atoms with Crippen molar-refractivity contribution in [2.75, 3.05) is 24.2 Å². The van der Waals surface area contributed by atoms with E-state index in [1.807, 2.05) is 31.2 Å². The van der Waals surface area contributed by atoms with Gasteiger partial charge in [0, 0.05) is 24.8 Å². The number of nitrogens with zero attached hydrogens (tertiary/aromatic N) is 4. The number of hydrogen-bond acceptors (Lipinski definition) is 6. The van der Waals surface area contributed by atoms with Crippen molar-refractivity contribution < 1.29 is 13.5 Å². The molecule has 1 saturated heterocycles. The summed E-state index contributed by atoms with van der Waals surface area (Å²) < 4.78 is 35.1. The van der Waals surface area contributed by atoms with Gasteiger partial charge in [0.05, 0.1) is 17.2 Å². The summed E-state index contributed by atoms with van der Waals surface area (Å²) in [5.41, 5.74) is 9.01. The van der Waals surface area contributed by atoms with Gasteiger partial charge in [-0.15, -0.1) is 5.10 Å². The van der Waals surface area contributed by atoms with Gasteiger partial charge < -0.3 is 15.8 Å². The van der Waals surface area contributed by atoms with Gasteiger partial charge in [0.1, 0.15) is 23.1 Å². The first kappa shape index (κ1) is 20.3. The number of fused-ring (bicyclic) bond motifs is 1. The average molecular weight is 436 g/mol. The lowest BCUT2D eigenvalue weighted by Crippen LogP contribution is -2.19. The van der Waals surface area contributed by atoms with Gasteiger partial charge in [-0.1, -0.05) is 23.8 Å². The number of benzene rings is 2. The lowest BCUT2D eigenvalue weighted by Gasteiger charge is -2.12. The van der Waals surface area contributed by atoms with Gasteiger partial charge in [0.2, 0.25) is 5.95 Å². The molecular formula is C23H22F2N6O. The second-order valence-corrected chi connectivity index (χ2v) is 7.87. The molecule has 1 atom stereocenters. The molecule has 32 heavy (non-hydrogen) atoms. The number of nitrogen functional groups attached to an aromatic ring is 1. The lowest BCUT2D eigenvalue weighted by molar-refractivity contribution is 0.120. The molecule has 0 spiro atoms. The molecule has 0 bridgehead atoms.